The van der Waals surface area contributed by atoms with Gasteiger partial charge in [0.25, 0.3) is 0 Å². The van der Waals surface area contributed by atoms with Crippen LogP contribution >= 0.6 is 0 Å². The summed E-state index contributed by atoms with van der Waals surface area (Å²) in [5.74, 6) is 1.01. The highest BCUT2D eigenvalue weighted by Crippen LogP contribution is 2.14. The van der Waals surface area contributed by atoms with Gasteiger partial charge >= 0.3 is 6.18 Å². The molecule has 2 N–H and O–H groups in total. The van der Waals surface area contributed by atoms with E-state index in [1.54, 1.807) is 0 Å². The Kier molecular flexibility index (Phi) is 5.54. The molecule has 1 unspecified atom stereocenters. The van der Waals surface area contributed by atoms with Crippen molar-refractivity contribution >= 4 is 0 Å². The zero-order valence-corrected chi connectivity index (χ0v) is 10.0. The number of nitrogens with zero attached hydrogens (tertiary/aromatic N) is 2. The van der Waals surface area contributed by atoms with Crippen molar-refractivity contribution in [3.63, 3.8) is 0 Å². The quantitative estimate of drug-likeness (QED) is 0.754. The van der Waals surface area contributed by atoms with Crippen molar-refractivity contribution in [3.8, 4) is 0 Å². The van der Waals surface area contributed by atoms with Crippen LogP contribution in [0.3, 0.4) is 0 Å². The predicted octanol–water partition coefficient (Wildman–Crippen LogP) is 1.33. The molecule has 1 atom stereocenters. The summed E-state index contributed by atoms with van der Waals surface area (Å²) < 4.78 is 44.7. The molecular weight excluding hydrogens is 251 g/mol. The van der Waals surface area contributed by atoms with Gasteiger partial charge in [0.05, 0.1) is 6.61 Å². The number of hydrogen-bond donors (Lipinski definition) is 1. The van der Waals surface area contributed by atoms with Crippen LogP contribution in [0, 0.1) is 5.92 Å². The summed E-state index contributed by atoms with van der Waals surface area (Å²) in [6, 6.07) is 0. The summed E-state index contributed by atoms with van der Waals surface area (Å²) in [5, 5.41) is 3.65. The monoisotopic (exact) mass is 267 g/mol. The molecule has 0 aliphatic carbocycles. The highest BCUT2D eigenvalue weighted by Gasteiger charge is 2.27. The normalized spacial score (nSPS) is 13.8. The van der Waals surface area contributed by atoms with Crippen molar-refractivity contribution in [3.05, 3.63) is 11.7 Å². The minimum Gasteiger partial charge on any atom is -0.372 e. The number of ether oxygens (including phenoxy) is 1. The smallest absolute Gasteiger partial charge is 0.372 e. The molecule has 0 fully saturated rings. The van der Waals surface area contributed by atoms with Crippen LogP contribution in [-0.2, 0) is 17.6 Å². The van der Waals surface area contributed by atoms with Crippen LogP contribution in [0.15, 0.2) is 4.52 Å². The first-order valence-corrected chi connectivity index (χ1v) is 5.56. The maximum atomic E-state index is 11.8. The van der Waals surface area contributed by atoms with Crippen molar-refractivity contribution < 1.29 is 22.4 Å². The van der Waals surface area contributed by atoms with Crippen molar-refractivity contribution in [1.29, 1.82) is 0 Å². The van der Waals surface area contributed by atoms with Gasteiger partial charge in [0, 0.05) is 12.8 Å². The summed E-state index contributed by atoms with van der Waals surface area (Å²) in [4.78, 5) is 4.04. The van der Waals surface area contributed by atoms with Gasteiger partial charge in [-0.05, 0) is 12.5 Å². The van der Waals surface area contributed by atoms with Crippen LogP contribution in [0.25, 0.3) is 0 Å². The van der Waals surface area contributed by atoms with E-state index >= 15 is 0 Å². The van der Waals surface area contributed by atoms with Crippen molar-refractivity contribution in [1.82, 2.24) is 10.1 Å². The zero-order valence-electron chi connectivity index (χ0n) is 10.0. The van der Waals surface area contributed by atoms with Crippen LogP contribution in [0.1, 0.15) is 18.6 Å². The average molecular weight is 267 g/mol. The van der Waals surface area contributed by atoms with Crippen LogP contribution in [0.4, 0.5) is 13.2 Å². The molecule has 104 valence electrons. The van der Waals surface area contributed by atoms with E-state index in [0.717, 1.165) is 0 Å². The molecule has 1 aromatic heterocycles. The predicted molar refractivity (Wildman–Crippen MR) is 56.8 cm³/mol. The van der Waals surface area contributed by atoms with Gasteiger partial charge in [0.2, 0.25) is 5.89 Å². The Labute approximate surface area is 102 Å². The number of halogens is 3. The van der Waals surface area contributed by atoms with Gasteiger partial charge in [-0.1, -0.05) is 12.1 Å². The Hall–Kier alpha value is -1.15. The zero-order chi connectivity index (χ0) is 13.6. The van der Waals surface area contributed by atoms with E-state index in [2.05, 4.69) is 14.9 Å². The highest BCUT2D eigenvalue weighted by atomic mass is 19.4. The molecule has 0 spiro atoms. The summed E-state index contributed by atoms with van der Waals surface area (Å²) in [7, 11) is 0. The average Bonchev–Trinajstić information content (AvgIpc) is 2.71. The number of nitrogens with two attached hydrogens (primary N) is 1. The third kappa shape index (κ3) is 5.97. The second kappa shape index (κ2) is 6.69. The molecular formula is C10H16F3N3O2. The van der Waals surface area contributed by atoms with Gasteiger partial charge in [0.15, 0.2) is 5.82 Å². The topological polar surface area (TPSA) is 74.2 Å². The van der Waals surface area contributed by atoms with Gasteiger partial charge in [-0.25, -0.2) is 0 Å². The number of aromatic nitrogens is 2. The third-order valence-corrected chi connectivity index (χ3v) is 2.17. The lowest BCUT2D eigenvalue weighted by Crippen LogP contribution is -2.18. The first-order valence-electron chi connectivity index (χ1n) is 5.56. The Balaban J connectivity index is 2.27. The number of alkyl halides is 3. The summed E-state index contributed by atoms with van der Waals surface area (Å²) in [6.07, 6.45) is -3.55. The highest BCUT2D eigenvalue weighted by molar-refractivity contribution is 4.87. The molecule has 0 saturated heterocycles. The summed E-state index contributed by atoms with van der Waals surface area (Å²) in [5.41, 5.74) is 5.45. The lowest BCUT2D eigenvalue weighted by molar-refractivity contribution is -0.173. The molecule has 0 aliphatic rings. The second-order valence-corrected chi connectivity index (χ2v) is 4.07. The Morgan fingerprint density at radius 1 is 1.44 bits per heavy atom. The molecule has 0 radical (unpaired) electrons. The fourth-order valence-corrected chi connectivity index (χ4v) is 1.21. The van der Waals surface area contributed by atoms with Gasteiger partial charge < -0.3 is 15.0 Å². The largest absolute Gasteiger partial charge is 0.411 e. The molecule has 1 heterocycles. The molecule has 18 heavy (non-hydrogen) atoms. The van der Waals surface area contributed by atoms with Crippen LogP contribution in [-0.4, -0.2) is 36.1 Å². The second-order valence-electron chi connectivity index (χ2n) is 4.07. The van der Waals surface area contributed by atoms with E-state index in [1.165, 1.54) is 0 Å². The van der Waals surface area contributed by atoms with Gasteiger partial charge in [0.1, 0.15) is 6.61 Å². The molecule has 5 nitrogen and oxygen atoms in total. The van der Waals surface area contributed by atoms with E-state index in [0.29, 0.717) is 24.7 Å². The van der Waals surface area contributed by atoms with Crippen LogP contribution < -0.4 is 5.73 Å². The Morgan fingerprint density at radius 3 is 2.78 bits per heavy atom. The van der Waals surface area contributed by atoms with Crippen molar-refractivity contribution in [2.45, 2.75) is 25.9 Å². The van der Waals surface area contributed by atoms with Gasteiger partial charge in [-0.15, -0.1) is 0 Å². The van der Waals surface area contributed by atoms with E-state index in [9.17, 15) is 13.2 Å². The maximum Gasteiger partial charge on any atom is 0.411 e. The van der Waals surface area contributed by atoms with Gasteiger partial charge in [-0.3, -0.25) is 0 Å². The van der Waals surface area contributed by atoms with E-state index in [4.69, 9.17) is 10.3 Å². The van der Waals surface area contributed by atoms with Crippen LogP contribution in [0.5, 0.6) is 0 Å². The standard InChI is InChI=1S/C10H16F3N3O2/c1-7(5-14)4-9-15-8(16-18-9)2-3-17-6-10(11,12)13/h7H,2-6,14H2,1H3. The molecule has 0 aliphatic heterocycles. The molecule has 1 aromatic rings. The maximum absolute atomic E-state index is 11.8. The molecule has 0 bridgehead atoms. The molecule has 0 saturated carbocycles. The lowest BCUT2D eigenvalue weighted by atomic mass is 10.1. The first-order chi connectivity index (χ1) is 8.40. The third-order valence-electron chi connectivity index (χ3n) is 2.17. The lowest BCUT2D eigenvalue weighted by Gasteiger charge is -2.05. The SMILES string of the molecule is CC(CN)Cc1nc(CCOCC(F)(F)F)no1. The van der Waals surface area contributed by atoms with Gasteiger partial charge in [-0.2, -0.15) is 18.2 Å². The Bertz CT molecular complexity index is 354. The first kappa shape index (κ1) is 14.9. The number of rotatable bonds is 7. The molecule has 0 aromatic carbocycles. The van der Waals surface area contributed by atoms with E-state index in [-0.39, 0.29) is 18.9 Å². The molecule has 8 heteroatoms. The number of hydrogen-bond acceptors (Lipinski definition) is 5. The minimum absolute atomic E-state index is 0.0923. The molecule has 1 rings (SSSR count). The van der Waals surface area contributed by atoms with Crippen molar-refractivity contribution in [2.75, 3.05) is 19.8 Å². The summed E-state index contributed by atoms with van der Waals surface area (Å²) in [6.45, 7) is 1.09. The van der Waals surface area contributed by atoms with Crippen molar-refractivity contribution in [2.24, 2.45) is 11.7 Å². The fraction of sp³-hybridized carbons (Fsp3) is 0.800. The molecule has 0 amide bonds. The van der Waals surface area contributed by atoms with Crippen LogP contribution in [0.2, 0.25) is 0 Å². The summed E-state index contributed by atoms with van der Waals surface area (Å²) >= 11 is 0. The van der Waals surface area contributed by atoms with E-state index in [1.807, 2.05) is 6.92 Å². The fourth-order valence-electron chi connectivity index (χ4n) is 1.21. The Morgan fingerprint density at radius 2 is 2.17 bits per heavy atom. The van der Waals surface area contributed by atoms with E-state index < -0.39 is 12.8 Å². The minimum atomic E-state index is -4.31.